The number of nitrogens with one attached hydrogen (secondary N) is 1. The number of nitrogens with zero attached hydrogens (tertiary/aromatic N) is 3. The van der Waals surface area contributed by atoms with Crippen molar-refractivity contribution in [1.29, 1.82) is 0 Å². The van der Waals surface area contributed by atoms with Crippen LogP contribution >= 0.6 is 11.6 Å². The number of aromatic nitrogens is 3. The van der Waals surface area contributed by atoms with E-state index in [-0.39, 0.29) is 42.2 Å². The number of carbonyl (C=O) groups excluding carboxylic acids is 1. The lowest BCUT2D eigenvalue weighted by Gasteiger charge is -2.15. The summed E-state index contributed by atoms with van der Waals surface area (Å²) in [5.74, 6) is -3.95. The van der Waals surface area contributed by atoms with Crippen LogP contribution in [0.4, 0.5) is 24.5 Å². The van der Waals surface area contributed by atoms with Crippen molar-refractivity contribution < 1.29 is 22.7 Å². The molecule has 3 rings (SSSR count). The molecule has 0 saturated heterocycles. The highest BCUT2D eigenvalue weighted by atomic mass is 35.5. The molecule has 8 nitrogen and oxygen atoms in total. The fraction of sp³-hybridized carbons (Fsp3) is 0.200. The topological polar surface area (TPSA) is 129 Å². The van der Waals surface area contributed by atoms with Crippen molar-refractivity contribution in [3.05, 3.63) is 59.9 Å². The summed E-state index contributed by atoms with van der Waals surface area (Å²) in [5, 5.41) is 2.45. The molecule has 168 valence electrons. The van der Waals surface area contributed by atoms with E-state index in [1.165, 1.54) is 12.5 Å². The Morgan fingerprint density at radius 3 is 2.59 bits per heavy atom. The molecule has 3 aromatic rings. The molecule has 2 aromatic heterocycles. The number of carbonyl (C=O) groups is 1. The molecular formula is C20H18ClF3N6O2. The van der Waals surface area contributed by atoms with Crippen LogP contribution in [0.25, 0.3) is 11.3 Å². The van der Waals surface area contributed by atoms with Crippen molar-refractivity contribution in [1.82, 2.24) is 15.0 Å². The Balaban J connectivity index is 1.91. The second-order valence-electron chi connectivity index (χ2n) is 6.62. The van der Waals surface area contributed by atoms with Gasteiger partial charge in [0.2, 0.25) is 5.88 Å². The minimum atomic E-state index is -1.09. The van der Waals surface area contributed by atoms with Gasteiger partial charge in [0.25, 0.3) is 5.91 Å². The number of hydrogen-bond donors (Lipinski definition) is 3. The predicted molar refractivity (Wildman–Crippen MR) is 113 cm³/mol. The summed E-state index contributed by atoms with van der Waals surface area (Å²) in [7, 11) is 0. The maximum Gasteiger partial charge on any atom is 0.276 e. The third-order valence-electron chi connectivity index (χ3n) is 4.35. The fourth-order valence-electron chi connectivity index (χ4n) is 2.66. The summed E-state index contributed by atoms with van der Waals surface area (Å²) in [4.78, 5) is 24.3. The summed E-state index contributed by atoms with van der Waals surface area (Å²) in [6.45, 7) is 0.412. The van der Waals surface area contributed by atoms with E-state index in [0.717, 1.165) is 24.3 Å². The molecule has 2 heterocycles. The first kappa shape index (κ1) is 23.2. The van der Waals surface area contributed by atoms with Crippen LogP contribution in [0.3, 0.4) is 0 Å². The van der Waals surface area contributed by atoms with Gasteiger partial charge < -0.3 is 21.5 Å². The van der Waals surface area contributed by atoms with E-state index in [0.29, 0.717) is 0 Å². The zero-order chi connectivity index (χ0) is 23.3. The Labute approximate surface area is 185 Å². The molecule has 0 saturated carbocycles. The molecule has 32 heavy (non-hydrogen) atoms. The first-order chi connectivity index (χ1) is 15.3. The molecule has 1 amide bonds. The number of amides is 1. The molecule has 0 fully saturated rings. The Kier molecular flexibility index (Phi) is 7.44. The van der Waals surface area contributed by atoms with Gasteiger partial charge in [0, 0.05) is 17.9 Å². The lowest BCUT2D eigenvalue weighted by atomic mass is 10.1. The zero-order valence-electron chi connectivity index (χ0n) is 16.5. The first-order valence-corrected chi connectivity index (χ1v) is 9.79. The smallest absolute Gasteiger partial charge is 0.276 e. The van der Waals surface area contributed by atoms with Crippen molar-refractivity contribution in [2.75, 3.05) is 30.1 Å². The molecule has 0 bridgehead atoms. The van der Waals surface area contributed by atoms with E-state index >= 15 is 0 Å². The predicted octanol–water partition coefficient (Wildman–Crippen LogP) is 2.98. The standard InChI is InChI=1S/C20H18ClF3N6O2/c21-5-10(6-25)8-32-20-15(7-27-9-28-20)29-19(31)18-14(26)4-13(24)17(30-18)16-11(22)2-1-3-12(16)23/h1-4,7,9-10H,5-6,8,25-26H2,(H,29,31). The normalized spacial score (nSPS) is 11.8. The van der Waals surface area contributed by atoms with Gasteiger partial charge in [-0.3, -0.25) is 4.79 Å². The number of hydrogen-bond acceptors (Lipinski definition) is 7. The number of pyridine rings is 1. The summed E-state index contributed by atoms with van der Waals surface area (Å²) in [6, 6.07) is 3.76. The van der Waals surface area contributed by atoms with E-state index < -0.39 is 40.3 Å². The largest absolute Gasteiger partial charge is 0.476 e. The van der Waals surface area contributed by atoms with Crippen LogP contribution < -0.4 is 21.5 Å². The van der Waals surface area contributed by atoms with Gasteiger partial charge in [-0.25, -0.2) is 23.1 Å². The van der Waals surface area contributed by atoms with Crippen LogP contribution in [0.5, 0.6) is 5.88 Å². The third-order valence-corrected chi connectivity index (χ3v) is 4.79. The van der Waals surface area contributed by atoms with Gasteiger partial charge in [-0.15, -0.1) is 11.6 Å². The SMILES string of the molecule is NCC(CCl)COc1ncncc1NC(=O)c1nc(-c2c(F)cccc2F)c(F)cc1N. The molecule has 1 aromatic carbocycles. The molecule has 0 radical (unpaired) electrons. The van der Waals surface area contributed by atoms with E-state index in [2.05, 4.69) is 20.3 Å². The molecule has 1 atom stereocenters. The summed E-state index contributed by atoms with van der Waals surface area (Å²) in [6.07, 6.45) is 2.46. The minimum Gasteiger partial charge on any atom is -0.476 e. The number of alkyl halides is 1. The van der Waals surface area contributed by atoms with E-state index in [4.69, 9.17) is 27.8 Å². The fourth-order valence-corrected chi connectivity index (χ4v) is 2.87. The van der Waals surface area contributed by atoms with Crippen LogP contribution in [0.1, 0.15) is 10.5 Å². The molecule has 5 N–H and O–H groups in total. The Morgan fingerprint density at radius 2 is 1.94 bits per heavy atom. The van der Waals surface area contributed by atoms with Gasteiger partial charge in [-0.1, -0.05) is 6.07 Å². The molecule has 0 spiro atoms. The van der Waals surface area contributed by atoms with Crippen molar-refractivity contribution in [2.24, 2.45) is 11.7 Å². The average Bonchev–Trinajstić information content (AvgIpc) is 2.76. The van der Waals surface area contributed by atoms with E-state index in [1.54, 1.807) is 0 Å². The Bertz CT molecular complexity index is 1110. The minimum absolute atomic E-state index is 0.0259. The molecule has 1 unspecified atom stereocenters. The maximum atomic E-state index is 14.4. The van der Waals surface area contributed by atoms with Gasteiger partial charge in [0.05, 0.1) is 24.1 Å². The van der Waals surface area contributed by atoms with Crippen LogP contribution in [0.2, 0.25) is 0 Å². The van der Waals surface area contributed by atoms with Crippen LogP contribution in [-0.4, -0.2) is 39.9 Å². The summed E-state index contributed by atoms with van der Waals surface area (Å²) in [5.41, 5.74) is 9.15. The van der Waals surface area contributed by atoms with Crippen molar-refractivity contribution in [3.63, 3.8) is 0 Å². The quantitative estimate of drug-likeness (QED) is 0.435. The van der Waals surface area contributed by atoms with Crippen molar-refractivity contribution in [3.8, 4) is 17.1 Å². The van der Waals surface area contributed by atoms with Gasteiger partial charge >= 0.3 is 0 Å². The second-order valence-corrected chi connectivity index (χ2v) is 6.92. The van der Waals surface area contributed by atoms with Gasteiger partial charge in [0.15, 0.2) is 11.5 Å². The molecule has 0 aliphatic heterocycles. The number of halogens is 4. The van der Waals surface area contributed by atoms with E-state index in [9.17, 15) is 18.0 Å². The van der Waals surface area contributed by atoms with Crippen LogP contribution in [0.15, 0.2) is 36.8 Å². The third kappa shape index (κ3) is 5.06. The number of benzene rings is 1. The Morgan fingerprint density at radius 1 is 1.22 bits per heavy atom. The molecule has 0 aliphatic carbocycles. The number of ether oxygens (including phenoxy) is 1. The maximum absolute atomic E-state index is 14.4. The monoisotopic (exact) mass is 466 g/mol. The van der Waals surface area contributed by atoms with E-state index in [1.807, 2.05) is 0 Å². The number of nitrogen functional groups attached to an aromatic ring is 1. The number of anilines is 2. The highest BCUT2D eigenvalue weighted by molar-refractivity contribution is 6.18. The van der Waals surface area contributed by atoms with Crippen LogP contribution in [-0.2, 0) is 0 Å². The summed E-state index contributed by atoms with van der Waals surface area (Å²) >= 11 is 5.79. The lowest BCUT2D eigenvalue weighted by Crippen LogP contribution is -2.24. The highest BCUT2D eigenvalue weighted by Crippen LogP contribution is 2.29. The number of nitrogens with two attached hydrogens (primary N) is 2. The van der Waals surface area contributed by atoms with Gasteiger partial charge in [0.1, 0.15) is 29.3 Å². The number of rotatable bonds is 8. The van der Waals surface area contributed by atoms with Crippen molar-refractivity contribution >= 4 is 28.9 Å². The van der Waals surface area contributed by atoms with Crippen LogP contribution in [0, 0.1) is 23.4 Å². The molecular weight excluding hydrogens is 449 g/mol. The molecule has 12 heteroatoms. The van der Waals surface area contributed by atoms with Crippen molar-refractivity contribution in [2.45, 2.75) is 0 Å². The van der Waals surface area contributed by atoms with Gasteiger partial charge in [-0.2, -0.15) is 4.98 Å². The van der Waals surface area contributed by atoms with Gasteiger partial charge in [-0.05, 0) is 18.7 Å². The summed E-state index contributed by atoms with van der Waals surface area (Å²) < 4.78 is 48.2. The second kappa shape index (κ2) is 10.2. The first-order valence-electron chi connectivity index (χ1n) is 9.26. The molecule has 0 aliphatic rings. The lowest BCUT2D eigenvalue weighted by molar-refractivity contribution is 0.102. The zero-order valence-corrected chi connectivity index (χ0v) is 17.2. The Hall–Kier alpha value is -3.44. The average molecular weight is 467 g/mol. The highest BCUT2D eigenvalue weighted by Gasteiger charge is 2.23.